The van der Waals surface area contributed by atoms with Gasteiger partial charge in [0.1, 0.15) is 28.2 Å². The normalized spacial score (nSPS) is 16.2. The molecule has 0 radical (unpaired) electrons. The van der Waals surface area contributed by atoms with E-state index in [-0.39, 0.29) is 0 Å². The standard InChI is InChI=1S/C61H41N3O2/c1-38-26-33-51(42-16-6-3-7-17-42)62-60(63-61(38)64-52-22-10-8-18-46(52)49-36-43(31-34-53(49)64)39-14-4-2-5-15-39)48-21-13-25-57-59(48)50-37-44(32-35-55(50)66-57)40-27-29-41(30-28-40)45-20-12-24-56-58(45)47-19-9-11-23-54(47)65-56/h2-25,27-32,34-37H,26,33H2,1H3/b61-38-,62-51+,63-60-. The van der Waals surface area contributed by atoms with Crippen LogP contribution >= 0.6 is 0 Å². The van der Waals surface area contributed by atoms with Gasteiger partial charge in [0, 0.05) is 37.9 Å². The van der Waals surface area contributed by atoms with E-state index in [1.807, 2.05) is 18.2 Å². The van der Waals surface area contributed by atoms with Gasteiger partial charge in [-0.2, -0.15) is 0 Å². The zero-order valence-corrected chi connectivity index (χ0v) is 36.2. The molecule has 9 aromatic carbocycles. The molecule has 5 nitrogen and oxygen atoms in total. The first-order valence-corrected chi connectivity index (χ1v) is 22.6. The number of nitrogens with zero attached hydrogens (tertiary/aromatic N) is 3. The smallest absolute Gasteiger partial charge is 0.162 e. The van der Waals surface area contributed by atoms with E-state index in [9.17, 15) is 0 Å². The quantitative estimate of drug-likeness (QED) is 0.167. The number of aliphatic imine (C=N–C) groups is 2. The summed E-state index contributed by atoms with van der Waals surface area (Å²) in [4.78, 5) is 11.2. The number of fused-ring (bicyclic) bond motifs is 9. The van der Waals surface area contributed by atoms with E-state index in [1.165, 1.54) is 27.5 Å². The van der Waals surface area contributed by atoms with Crippen LogP contribution in [0.5, 0.6) is 0 Å². The summed E-state index contributed by atoms with van der Waals surface area (Å²) in [6.45, 7) is 2.23. The minimum Gasteiger partial charge on any atom is -0.456 e. The van der Waals surface area contributed by atoms with Crippen LogP contribution in [0.15, 0.2) is 231 Å². The number of benzene rings is 9. The summed E-state index contributed by atoms with van der Waals surface area (Å²) in [6.07, 6.45) is 1.58. The molecule has 0 saturated heterocycles. The molecule has 0 aliphatic carbocycles. The highest BCUT2D eigenvalue weighted by Gasteiger charge is 2.23. The van der Waals surface area contributed by atoms with Gasteiger partial charge >= 0.3 is 0 Å². The largest absolute Gasteiger partial charge is 0.456 e. The van der Waals surface area contributed by atoms with Crippen LogP contribution in [-0.2, 0) is 0 Å². The van der Waals surface area contributed by atoms with Gasteiger partial charge in [-0.3, -0.25) is 4.57 Å². The summed E-state index contributed by atoms with van der Waals surface area (Å²) in [7, 11) is 0. The van der Waals surface area contributed by atoms with Crippen molar-refractivity contribution in [2.24, 2.45) is 9.98 Å². The summed E-state index contributed by atoms with van der Waals surface area (Å²) < 4.78 is 15.2. The molecule has 66 heavy (non-hydrogen) atoms. The second-order valence-electron chi connectivity index (χ2n) is 17.3. The first-order valence-electron chi connectivity index (χ1n) is 22.6. The van der Waals surface area contributed by atoms with Crippen LogP contribution in [0.3, 0.4) is 0 Å². The summed E-state index contributed by atoms with van der Waals surface area (Å²) in [5, 5.41) is 6.65. The molecule has 3 aromatic heterocycles. The molecule has 0 atom stereocenters. The Bertz CT molecular complexity index is 3980. The van der Waals surface area contributed by atoms with E-state index in [1.54, 1.807) is 0 Å². The van der Waals surface area contributed by atoms with Gasteiger partial charge < -0.3 is 8.83 Å². The van der Waals surface area contributed by atoms with E-state index in [4.69, 9.17) is 18.8 Å². The lowest BCUT2D eigenvalue weighted by atomic mass is 9.96. The van der Waals surface area contributed by atoms with E-state index in [2.05, 4.69) is 200 Å². The average molecular weight is 848 g/mol. The zero-order chi connectivity index (χ0) is 43.7. The molecule has 0 bridgehead atoms. The maximum Gasteiger partial charge on any atom is 0.162 e. The van der Waals surface area contributed by atoms with E-state index in [0.717, 1.165) is 113 Å². The van der Waals surface area contributed by atoms with E-state index >= 15 is 0 Å². The Morgan fingerprint density at radius 3 is 1.70 bits per heavy atom. The molecule has 0 unspecified atom stereocenters. The first-order chi connectivity index (χ1) is 32.6. The van der Waals surface area contributed by atoms with Gasteiger partial charge in [0.05, 0.1) is 16.7 Å². The molecule has 5 heteroatoms. The van der Waals surface area contributed by atoms with Gasteiger partial charge in [-0.25, -0.2) is 9.98 Å². The van der Waals surface area contributed by atoms with Gasteiger partial charge in [-0.15, -0.1) is 0 Å². The second kappa shape index (κ2) is 15.3. The Hall–Kier alpha value is -8.54. The van der Waals surface area contributed by atoms with Gasteiger partial charge in [0.2, 0.25) is 0 Å². The molecule has 0 amide bonds. The van der Waals surface area contributed by atoms with Crippen molar-refractivity contribution in [2.45, 2.75) is 19.8 Å². The van der Waals surface area contributed by atoms with Crippen molar-refractivity contribution in [3.05, 3.63) is 223 Å². The third-order valence-corrected chi connectivity index (χ3v) is 13.3. The Morgan fingerprint density at radius 2 is 0.924 bits per heavy atom. The molecular weight excluding hydrogens is 807 g/mol. The van der Waals surface area contributed by atoms with Gasteiger partial charge in [0.15, 0.2) is 5.84 Å². The topological polar surface area (TPSA) is 55.9 Å². The predicted molar refractivity (Wildman–Crippen MR) is 274 cm³/mol. The lowest BCUT2D eigenvalue weighted by Gasteiger charge is -2.18. The number of aromatic nitrogens is 1. The molecule has 0 fully saturated rings. The number of allylic oxidation sites excluding steroid dienone is 1. The minimum absolute atomic E-state index is 0.652. The monoisotopic (exact) mass is 847 g/mol. The summed E-state index contributed by atoms with van der Waals surface area (Å²) >= 11 is 0. The SMILES string of the molecule is C\C1=C(n2c3ccccc3c3cc(-c4ccccc4)ccc32)/N=C(c2cccc3oc4ccc(-c5ccc(-c6cccc7oc8ccccc8c67)cc5)cc4c23)\N=C(\c2ccccc2)CC1. The Kier molecular flexibility index (Phi) is 8.81. The molecule has 1 aliphatic heterocycles. The number of hydrogen-bond donors (Lipinski definition) is 0. The van der Waals surface area contributed by atoms with Crippen LogP contribution in [0.1, 0.15) is 30.9 Å². The first kappa shape index (κ1) is 38.0. The van der Waals surface area contributed by atoms with Crippen LogP contribution in [0.25, 0.3) is 105 Å². The van der Waals surface area contributed by atoms with Crippen LogP contribution in [0.2, 0.25) is 0 Å². The highest BCUT2D eigenvalue weighted by atomic mass is 16.3. The van der Waals surface area contributed by atoms with Crippen LogP contribution in [0.4, 0.5) is 0 Å². The number of amidine groups is 1. The number of rotatable bonds is 6. The highest BCUT2D eigenvalue weighted by molar-refractivity contribution is 6.23. The van der Waals surface area contributed by atoms with Crippen LogP contribution in [-0.4, -0.2) is 16.1 Å². The Labute approximate surface area is 380 Å². The van der Waals surface area contributed by atoms with Crippen molar-refractivity contribution in [1.82, 2.24) is 4.57 Å². The van der Waals surface area contributed by atoms with Crippen LogP contribution < -0.4 is 0 Å². The molecule has 1 aliphatic rings. The molecule has 12 aromatic rings. The third-order valence-electron chi connectivity index (χ3n) is 13.3. The highest BCUT2D eigenvalue weighted by Crippen LogP contribution is 2.41. The van der Waals surface area contributed by atoms with Gasteiger partial charge in [0.25, 0.3) is 0 Å². The molecule has 13 rings (SSSR count). The zero-order valence-electron chi connectivity index (χ0n) is 36.2. The Morgan fingerprint density at radius 1 is 0.379 bits per heavy atom. The summed E-state index contributed by atoms with van der Waals surface area (Å²) in [5.74, 6) is 1.54. The molecule has 0 saturated carbocycles. The maximum absolute atomic E-state index is 6.64. The number of para-hydroxylation sites is 2. The molecule has 312 valence electrons. The lowest BCUT2D eigenvalue weighted by Crippen LogP contribution is -2.12. The fourth-order valence-electron chi connectivity index (χ4n) is 10.1. The molecule has 4 heterocycles. The number of hydrogen-bond acceptors (Lipinski definition) is 4. The van der Waals surface area contributed by atoms with Crippen molar-refractivity contribution < 1.29 is 8.83 Å². The van der Waals surface area contributed by atoms with E-state index < -0.39 is 0 Å². The van der Waals surface area contributed by atoms with Crippen LogP contribution in [0, 0.1) is 0 Å². The molecule has 0 N–H and O–H groups in total. The molecule has 0 spiro atoms. The number of furan rings is 2. The van der Waals surface area contributed by atoms with E-state index in [0.29, 0.717) is 5.84 Å². The predicted octanol–water partition coefficient (Wildman–Crippen LogP) is 16.5. The minimum atomic E-state index is 0.652. The summed E-state index contributed by atoms with van der Waals surface area (Å²) in [5.41, 5.74) is 16.7. The van der Waals surface area contributed by atoms with Crippen molar-refractivity contribution in [1.29, 1.82) is 0 Å². The fraction of sp³-hybridized carbons (Fsp3) is 0.0492. The van der Waals surface area contributed by atoms with Crippen molar-refractivity contribution in [3.63, 3.8) is 0 Å². The second-order valence-corrected chi connectivity index (χ2v) is 17.3. The Balaban J connectivity index is 0.976. The molecular formula is C61H41N3O2. The van der Waals surface area contributed by atoms with Crippen molar-refractivity contribution in [2.75, 3.05) is 0 Å². The third kappa shape index (κ3) is 6.23. The lowest BCUT2D eigenvalue weighted by molar-refractivity contribution is 0.668. The summed E-state index contributed by atoms with van der Waals surface area (Å²) in [6, 6.07) is 72.8. The maximum atomic E-state index is 6.64. The fourth-order valence-corrected chi connectivity index (χ4v) is 10.1. The van der Waals surface area contributed by atoms with Gasteiger partial charge in [-0.1, -0.05) is 158 Å². The van der Waals surface area contributed by atoms with Crippen molar-refractivity contribution >= 4 is 83.1 Å². The van der Waals surface area contributed by atoms with Gasteiger partial charge in [-0.05, 0) is 113 Å². The van der Waals surface area contributed by atoms with Crippen molar-refractivity contribution in [3.8, 4) is 33.4 Å². The average Bonchev–Trinajstić information content (AvgIpc) is 4.05.